The van der Waals surface area contributed by atoms with Gasteiger partial charge in [-0.1, -0.05) is 22.0 Å². The predicted octanol–water partition coefficient (Wildman–Crippen LogP) is 4.42. The largest absolute Gasteiger partial charge is 0.420 e. The van der Waals surface area contributed by atoms with Gasteiger partial charge in [-0.25, -0.2) is 4.39 Å². The van der Waals surface area contributed by atoms with Gasteiger partial charge in [-0.2, -0.15) is 13.2 Å². The first-order valence-electron chi connectivity index (χ1n) is 6.98. The van der Waals surface area contributed by atoms with Crippen LogP contribution in [0.4, 0.5) is 17.6 Å². The number of primary amides is 1. The Balaban J connectivity index is 2.24. The van der Waals surface area contributed by atoms with Crippen molar-refractivity contribution in [3.8, 4) is 22.9 Å². The summed E-state index contributed by atoms with van der Waals surface area (Å²) in [6, 6.07) is 7.92. The zero-order chi connectivity index (χ0) is 19.1. The van der Waals surface area contributed by atoms with E-state index in [0.29, 0.717) is 16.1 Å². The van der Waals surface area contributed by atoms with Gasteiger partial charge in [0.1, 0.15) is 11.4 Å². The van der Waals surface area contributed by atoms with Crippen molar-refractivity contribution in [1.29, 1.82) is 0 Å². The first kappa shape index (κ1) is 18.1. The van der Waals surface area contributed by atoms with E-state index in [1.54, 1.807) is 24.3 Å². The molecule has 0 atom stereocenters. The van der Waals surface area contributed by atoms with Crippen LogP contribution in [0, 0.1) is 5.82 Å². The summed E-state index contributed by atoms with van der Waals surface area (Å²) >= 11 is 3.24. The summed E-state index contributed by atoms with van der Waals surface area (Å²) in [4.78, 5) is 11.5. The van der Waals surface area contributed by atoms with Gasteiger partial charge >= 0.3 is 6.18 Å². The van der Waals surface area contributed by atoms with Crippen molar-refractivity contribution in [2.75, 3.05) is 0 Å². The lowest BCUT2D eigenvalue weighted by Gasteiger charge is -2.14. The SMILES string of the molecule is NC(=O)c1ccc(F)c(C(F)(F)F)c1-c1nnc(-c2cccc(Br)c2)o1. The standard InChI is InChI=1S/C16H8BrF4N3O2/c17-8-3-1-2-7(6-8)14-23-24-15(26-14)11-9(13(22)25)4-5-10(18)12(11)16(19,20)21/h1-6H,(H2,22,25). The number of alkyl halides is 3. The lowest BCUT2D eigenvalue weighted by Crippen LogP contribution is -2.18. The lowest BCUT2D eigenvalue weighted by atomic mass is 9.99. The normalized spacial score (nSPS) is 11.6. The van der Waals surface area contributed by atoms with E-state index in [0.717, 1.165) is 6.07 Å². The molecule has 1 heterocycles. The monoisotopic (exact) mass is 429 g/mol. The minimum Gasteiger partial charge on any atom is -0.416 e. The number of carbonyl (C=O) groups is 1. The van der Waals surface area contributed by atoms with Gasteiger partial charge in [0.2, 0.25) is 17.7 Å². The van der Waals surface area contributed by atoms with E-state index in [1.165, 1.54) is 0 Å². The van der Waals surface area contributed by atoms with Gasteiger partial charge < -0.3 is 10.2 Å². The molecule has 0 saturated heterocycles. The van der Waals surface area contributed by atoms with Crippen LogP contribution in [0.15, 0.2) is 45.3 Å². The number of nitrogens with two attached hydrogens (primary N) is 1. The molecule has 0 radical (unpaired) electrons. The number of hydrogen-bond donors (Lipinski definition) is 1. The smallest absolute Gasteiger partial charge is 0.416 e. The maximum absolute atomic E-state index is 13.9. The highest BCUT2D eigenvalue weighted by Gasteiger charge is 2.40. The molecule has 0 bridgehead atoms. The lowest BCUT2D eigenvalue weighted by molar-refractivity contribution is -0.139. The van der Waals surface area contributed by atoms with Crippen LogP contribution >= 0.6 is 15.9 Å². The Labute approximate surface area is 152 Å². The average molecular weight is 430 g/mol. The van der Waals surface area contributed by atoms with Crippen molar-refractivity contribution in [3.05, 3.63) is 57.8 Å². The van der Waals surface area contributed by atoms with E-state index < -0.39 is 40.5 Å². The fourth-order valence-corrected chi connectivity index (χ4v) is 2.74. The summed E-state index contributed by atoms with van der Waals surface area (Å²) < 4.78 is 59.8. The van der Waals surface area contributed by atoms with Gasteiger partial charge in [-0.05, 0) is 30.3 Å². The molecular weight excluding hydrogens is 422 g/mol. The first-order valence-corrected chi connectivity index (χ1v) is 7.77. The first-order chi connectivity index (χ1) is 12.2. The van der Waals surface area contributed by atoms with E-state index in [2.05, 4.69) is 26.1 Å². The summed E-state index contributed by atoms with van der Waals surface area (Å²) in [5.41, 5.74) is 2.38. The van der Waals surface area contributed by atoms with Crippen molar-refractivity contribution in [2.45, 2.75) is 6.18 Å². The molecule has 10 heteroatoms. The Hall–Kier alpha value is -2.75. The molecule has 0 aliphatic rings. The summed E-state index contributed by atoms with van der Waals surface area (Å²) in [5.74, 6) is -3.54. The van der Waals surface area contributed by atoms with Crippen LogP contribution in [-0.2, 0) is 6.18 Å². The maximum atomic E-state index is 13.9. The molecule has 0 unspecified atom stereocenters. The number of nitrogens with zero attached hydrogens (tertiary/aromatic N) is 2. The van der Waals surface area contributed by atoms with E-state index >= 15 is 0 Å². The molecule has 0 fully saturated rings. The molecule has 2 N–H and O–H groups in total. The third kappa shape index (κ3) is 3.32. The third-order valence-electron chi connectivity index (χ3n) is 3.41. The van der Waals surface area contributed by atoms with E-state index in [-0.39, 0.29) is 5.89 Å². The number of carbonyl (C=O) groups excluding carboxylic acids is 1. The van der Waals surface area contributed by atoms with Crippen LogP contribution in [0.2, 0.25) is 0 Å². The van der Waals surface area contributed by atoms with Crippen LogP contribution in [0.25, 0.3) is 22.9 Å². The Kier molecular flexibility index (Phi) is 4.53. The van der Waals surface area contributed by atoms with Gasteiger partial charge in [0.05, 0.1) is 11.1 Å². The van der Waals surface area contributed by atoms with Crippen LogP contribution < -0.4 is 5.73 Å². The van der Waals surface area contributed by atoms with E-state index in [4.69, 9.17) is 10.2 Å². The van der Waals surface area contributed by atoms with Crippen molar-refractivity contribution in [2.24, 2.45) is 5.73 Å². The molecule has 0 spiro atoms. The van der Waals surface area contributed by atoms with Crippen LogP contribution in [-0.4, -0.2) is 16.1 Å². The highest BCUT2D eigenvalue weighted by molar-refractivity contribution is 9.10. The highest BCUT2D eigenvalue weighted by Crippen LogP contribution is 2.41. The van der Waals surface area contributed by atoms with Gasteiger partial charge in [-0.15, -0.1) is 10.2 Å². The van der Waals surface area contributed by atoms with E-state index in [9.17, 15) is 22.4 Å². The minimum atomic E-state index is -5.10. The molecule has 3 aromatic rings. The zero-order valence-electron chi connectivity index (χ0n) is 12.6. The molecule has 2 aromatic carbocycles. The van der Waals surface area contributed by atoms with E-state index in [1.807, 2.05) is 0 Å². The molecule has 5 nitrogen and oxygen atoms in total. The predicted molar refractivity (Wildman–Crippen MR) is 86.3 cm³/mol. The second-order valence-electron chi connectivity index (χ2n) is 5.13. The molecule has 0 aliphatic carbocycles. The van der Waals surface area contributed by atoms with Crippen molar-refractivity contribution >= 4 is 21.8 Å². The maximum Gasteiger partial charge on any atom is 0.420 e. The molecule has 26 heavy (non-hydrogen) atoms. The highest BCUT2D eigenvalue weighted by atomic mass is 79.9. The average Bonchev–Trinajstić information content (AvgIpc) is 3.02. The molecule has 0 saturated carbocycles. The van der Waals surface area contributed by atoms with Crippen LogP contribution in [0.5, 0.6) is 0 Å². The number of benzene rings is 2. The molecular formula is C16H8BrF4N3O2. The fraction of sp³-hybridized carbons (Fsp3) is 0.0625. The number of halogens is 5. The topological polar surface area (TPSA) is 82.0 Å². The van der Waals surface area contributed by atoms with Crippen molar-refractivity contribution in [3.63, 3.8) is 0 Å². The molecule has 0 aliphatic heterocycles. The summed E-state index contributed by atoms with van der Waals surface area (Å²) in [6.07, 6.45) is -5.10. The second kappa shape index (κ2) is 6.52. The third-order valence-corrected chi connectivity index (χ3v) is 3.91. The Morgan fingerprint density at radius 2 is 1.81 bits per heavy atom. The van der Waals surface area contributed by atoms with Crippen molar-refractivity contribution < 1.29 is 26.8 Å². The summed E-state index contributed by atoms with van der Waals surface area (Å²) in [7, 11) is 0. The number of hydrogen-bond acceptors (Lipinski definition) is 4. The Morgan fingerprint density at radius 3 is 2.42 bits per heavy atom. The molecule has 1 aromatic heterocycles. The molecule has 134 valence electrons. The van der Waals surface area contributed by atoms with Gasteiger partial charge in [0.25, 0.3) is 0 Å². The molecule has 3 rings (SSSR count). The number of rotatable bonds is 3. The summed E-state index contributed by atoms with van der Waals surface area (Å²) in [6.45, 7) is 0. The Morgan fingerprint density at radius 1 is 1.12 bits per heavy atom. The molecule has 1 amide bonds. The second-order valence-corrected chi connectivity index (χ2v) is 6.05. The zero-order valence-corrected chi connectivity index (χ0v) is 14.2. The fourth-order valence-electron chi connectivity index (χ4n) is 2.34. The van der Waals surface area contributed by atoms with Crippen molar-refractivity contribution in [1.82, 2.24) is 10.2 Å². The van der Waals surface area contributed by atoms with Gasteiger partial charge in [-0.3, -0.25) is 4.79 Å². The number of aromatic nitrogens is 2. The Bertz CT molecular complexity index is 1000. The van der Waals surface area contributed by atoms with Crippen LogP contribution in [0.1, 0.15) is 15.9 Å². The van der Waals surface area contributed by atoms with Gasteiger partial charge in [0, 0.05) is 10.0 Å². The van der Waals surface area contributed by atoms with Gasteiger partial charge in [0.15, 0.2) is 0 Å². The summed E-state index contributed by atoms with van der Waals surface area (Å²) in [5, 5.41) is 7.22. The quantitative estimate of drug-likeness (QED) is 0.624. The number of amides is 1. The minimum absolute atomic E-state index is 0.103. The van der Waals surface area contributed by atoms with Crippen LogP contribution in [0.3, 0.4) is 0 Å².